The first-order valence-electron chi connectivity index (χ1n) is 14.0. The van der Waals surface area contributed by atoms with E-state index in [4.69, 9.17) is 4.74 Å². The predicted molar refractivity (Wildman–Crippen MR) is 169 cm³/mol. The maximum atomic E-state index is 14.0. The summed E-state index contributed by atoms with van der Waals surface area (Å²) in [5.74, 6) is -0.272. The second-order valence-corrected chi connectivity index (χ2v) is 12.3. The van der Waals surface area contributed by atoms with Crippen molar-refractivity contribution in [3.8, 4) is 5.75 Å². The quantitative estimate of drug-likeness (QED) is 0.240. The molecular formula is C34H37N3O5S. The lowest BCUT2D eigenvalue weighted by Gasteiger charge is -2.33. The third-order valence-electron chi connectivity index (χ3n) is 7.04. The molecule has 224 valence electrons. The van der Waals surface area contributed by atoms with E-state index in [0.29, 0.717) is 18.0 Å². The summed E-state index contributed by atoms with van der Waals surface area (Å²) in [4.78, 5) is 28.7. The molecule has 4 aromatic carbocycles. The van der Waals surface area contributed by atoms with Crippen molar-refractivity contribution in [2.45, 2.75) is 32.5 Å². The number of hydrogen-bond donors (Lipinski definition) is 1. The predicted octanol–water partition coefficient (Wildman–Crippen LogP) is 4.73. The Bertz CT molecular complexity index is 1590. The van der Waals surface area contributed by atoms with Crippen LogP contribution in [0.5, 0.6) is 5.75 Å². The summed E-state index contributed by atoms with van der Waals surface area (Å²) in [6, 6.07) is 32.5. The molecule has 0 aliphatic heterocycles. The van der Waals surface area contributed by atoms with Crippen LogP contribution in [0.25, 0.3) is 0 Å². The molecule has 1 atom stereocenters. The second kappa shape index (κ2) is 14.5. The van der Waals surface area contributed by atoms with E-state index in [0.717, 1.165) is 32.8 Å². The van der Waals surface area contributed by atoms with E-state index in [2.05, 4.69) is 5.32 Å². The van der Waals surface area contributed by atoms with Crippen molar-refractivity contribution < 1.29 is 22.7 Å². The molecule has 4 aromatic rings. The smallest absolute Gasteiger partial charge is 0.244 e. The van der Waals surface area contributed by atoms with Crippen LogP contribution >= 0.6 is 0 Å². The molecule has 2 amide bonds. The average Bonchev–Trinajstić information content (AvgIpc) is 3.01. The molecule has 0 aromatic heterocycles. The fourth-order valence-corrected chi connectivity index (χ4v) is 5.52. The normalized spacial score (nSPS) is 11.8. The van der Waals surface area contributed by atoms with E-state index in [1.165, 1.54) is 11.9 Å². The number of rotatable bonds is 13. The van der Waals surface area contributed by atoms with Gasteiger partial charge < -0.3 is 15.0 Å². The van der Waals surface area contributed by atoms with Crippen LogP contribution in [0.4, 0.5) is 5.69 Å². The number of nitrogens with one attached hydrogen (secondary N) is 1. The molecule has 4 rings (SSSR count). The topological polar surface area (TPSA) is 96.0 Å². The summed E-state index contributed by atoms with van der Waals surface area (Å²) in [5.41, 5.74) is 4.09. The van der Waals surface area contributed by atoms with Gasteiger partial charge in [0, 0.05) is 20.0 Å². The standard InChI is InChI=1S/C34H37N3O5S/c1-26-14-16-28(17-15-26)23-36(32(34(39)35-2)22-27-10-6-4-7-11-27)33(38)24-37(43(3,40)41)30-18-20-31(21-19-30)42-25-29-12-8-5-9-13-29/h4-21,32H,22-25H2,1-3H3,(H,35,39)/t32-/m1/s1. The molecule has 0 bridgehead atoms. The number of anilines is 1. The SMILES string of the molecule is CNC(=O)[C@@H](Cc1ccccc1)N(Cc1ccc(C)cc1)C(=O)CN(c1ccc(OCc2ccccc2)cc1)S(C)(=O)=O. The Hall–Kier alpha value is -4.63. The van der Waals surface area contributed by atoms with Crippen LogP contribution < -0.4 is 14.4 Å². The monoisotopic (exact) mass is 599 g/mol. The Morgan fingerprint density at radius 3 is 1.93 bits per heavy atom. The van der Waals surface area contributed by atoms with Crippen molar-refractivity contribution in [1.29, 1.82) is 0 Å². The van der Waals surface area contributed by atoms with Gasteiger partial charge in [0.15, 0.2) is 0 Å². The van der Waals surface area contributed by atoms with Gasteiger partial charge in [0.05, 0.1) is 11.9 Å². The van der Waals surface area contributed by atoms with Crippen molar-refractivity contribution in [3.05, 3.63) is 131 Å². The molecule has 0 heterocycles. The first kappa shape index (κ1) is 31.3. The molecule has 0 saturated carbocycles. The first-order chi connectivity index (χ1) is 20.6. The zero-order chi connectivity index (χ0) is 30.8. The molecule has 0 spiro atoms. The largest absolute Gasteiger partial charge is 0.489 e. The van der Waals surface area contributed by atoms with Gasteiger partial charge in [-0.25, -0.2) is 8.42 Å². The number of aryl methyl sites for hydroxylation is 1. The summed E-state index contributed by atoms with van der Waals surface area (Å²) >= 11 is 0. The van der Waals surface area contributed by atoms with Gasteiger partial charge in [-0.15, -0.1) is 0 Å². The van der Waals surface area contributed by atoms with Crippen molar-refractivity contribution in [2.75, 3.05) is 24.2 Å². The molecule has 0 fully saturated rings. The number of benzene rings is 4. The van der Waals surface area contributed by atoms with Gasteiger partial charge in [0.1, 0.15) is 24.9 Å². The lowest BCUT2D eigenvalue weighted by molar-refractivity contribution is -0.139. The third-order valence-corrected chi connectivity index (χ3v) is 8.18. The molecular weight excluding hydrogens is 562 g/mol. The highest BCUT2D eigenvalue weighted by molar-refractivity contribution is 7.92. The summed E-state index contributed by atoms with van der Waals surface area (Å²) in [7, 11) is -2.33. The molecule has 0 aliphatic rings. The van der Waals surface area contributed by atoms with Crippen LogP contribution in [-0.2, 0) is 39.2 Å². The first-order valence-corrected chi connectivity index (χ1v) is 15.8. The highest BCUT2D eigenvalue weighted by Crippen LogP contribution is 2.24. The Balaban J connectivity index is 1.61. The zero-order valence-corrected chi connectivity index (χ0v) is 25.5. The van der Waals surface area contributed by atoms with Crippen LogP contribution in [0.3, 0.4) is 0 Å². The van der Waals surface area contributed by atoms with E-state index in [9.17, 15) is 18.0 Å². The Morgan fingerprint density at radius 2 is 1.37 bits per heavy atom. The Kier molecular flexibility index (Phi) is 10.6. The van der Waals surface area contributed by atoms with E-state index < -0.39 is 28.5 Å². The van der Waals surface area contributed by atoms with Gasteiger partial charge >= 0.3 is 0 Å². The molecule has 0 unspecified atom stereocenters. The summed E-state index contributed by atoms with van der Waals surface area (Å²) in [5, 5.41) is 2.68. The van der Waals surface area contributed by atoms with Gasteiger partial charge in [-0.2, -0.15) is 0 Å². The number of sulfonamides is 1. The van der Waals surface area contributed by atoms with Crippen LogP contribution in [0, 0.1) is 6.92 Å². The zero-order valence-electron chi connectivity index (χ0n) is 24.6. The second-order valence-electron chi connectivity index (χ2n) is 10.4. The maximum absolute atomic E-state index is 14.0. The van der Waals surface area contributed by atoms with Gasteiger partial charge in [0.25, 0.3) is 0 Å². The molecule has 0 saturated heterocycles. The summed E-state index contributed by atoms with van der Waals surface area (Å²) < 4.78 is 32.9. The highest BCUT2D eigenvalue weighted by atomic mass is 32.2. The van der Waals surface area contributed by atoms with E-state index in [-0.39, 0.29) is 18.9 Å². The molecule has 1 N–H and O–H groups in total. The Morgan fingerprint density at radius 1 is 0.791 bits per heavy atom. The van der Waals surface area contributed by atoms with Gasteiger partial charge in [0.2, 0.25) is 21.8 Å². The van der Waals surface area contributed by atoms with Crippen molar-refractivity contribution in [3.63, 3.8) is 0 Å². The number of likely N-dealkylation sites (N-methyl/N-ethyl adjacent to an activating group) is 1. The van der Waals surface area contributed by atoms with Crippen LogP contribution in [0.2, 0.25) is 0 Å². The minimum Gasteiger partial charge on any atom is -0.489 e. The number of amides is 2. The highest BCUT2D eigenvalue weighted by Gasteiger charge is 2.32. The number of carbonyl (C=O) groups excluding carboxylic acids is 2. The lowest BCUT2D eigenvalue weighted by atomic mass is 10.0. The molecule has 8 nitrogen and oxygen atoms in total. The number of nitrogens with zero attached hydrogens (tertiary/aromatic N) is 2. The van der Waals surface area contributed by atoms with Gasteiger partial charge in [-0.3, -0.25) is 13.9 Å². The van der Waals surface area contributed by atoms with Crippen LogP contribution in [-0.4, -0.2) is 51.0 Å². The Labute approximate surface area is 254 Å². The summed E-state index contributed by atoms with van der Waals surface area (Å²) in [6.07, 6.45) is 1.33. The van der Waals surface area contributed by atoms with Gasteiger partial charge in [-0.1, -0.05) is 90.5 Å². The minimum atomic E-state index is -3.86. The number of carbonyl (C=O) groups is 2. The molecule has 43 heavy (non-hydrogen) atoms. The van der Waals surface area contributed by atoms with E-state index in [1.807, 2.05) is 91.9 Å². The fourth-order valence-electron chi connectivity index (χ4n) is 4.67. The molecule has 0 aliphatic carbocycles. The minimum absolute atomic E-state index is 0.133. The van der Waals surface area contributed by atoms with Crippen molar-refractivity contribution in [2.24, 2.45) is 0 Å². The number of hydrogen-bond acceptors (Lipinski definition) is 5. The maximum Gasteiger partial charge on any atom is 0.244 e. The molecule has 0 radical (unpaired) electrons. The van der Waals surface area contributed by atoms with Crippen LogP contribution in [0.15, 0.2) is 109 Å². The molecule has 9 heteroatoms. The summed E-state index contributed by atoms with van der Waals surface area (Å²) in [6.45, 7) is 1.99. The third kappa shape index (κ3) is 8.93. The van der Waals surface area contributed by atoms with Crippen LogP contribution in [0.1, 0.15) is 22.3 Å². The fraction of sp³-hybridized carbons (Fsp3) is 0.235. The van der Waals surface area contributed by atoms with Gasteiger partial charge in [-0.05, 0) is 47.9 Å². The van der Waals surface area contributed by atoms with E-state index >= 15 is 0 Å². The number of ether oxygens (including phenoxy) is 1. The van der Waals surface area contributed by atoms with Crippen molar-refractivity contribution >= 4 is 27.5 Å². The van der Waals surface area contributed by atoms with Crippen molar-refractivity contribution in [1.82, 2.24) is 10.2 Å². The average molecular weight is 600 g/mol. The van der Waals surface area contributed by atoms with E-state index in [1.54, 1.807) is 24.3 Å². The lowest BCUT2D eigenvalue weighted by Crippen LogP contribution is -2.52.